The first-order valence-corrected chi connectivity index (χ1v) is 5.78. The number of alkyl halides is 3. The number of benzene rings is 1. The quantitative estimate of drug-likeness (QED) is 0.773. The van der Waals surface area contributed by atoms with Crippen LogP contribution >= 0.6 is 0 Å². The molecule has 0 aliphatic carbocycles. The predicted octanol–water partition coefficient (Wildman–Crippen LogP) is 3.43. The molecule has 0 heterocycles. The minimum Gasteiger partial charge on any atom is -0.493 e. The van der Waals surface area contributed by atoms with Gasteiger partial charge in [-0.2, -0.15) is 13.2 Å². The highest BCUT2D eigenvalue weighted by molar-refractivity contribution is 5.69. The zero-order valence-corrected chi connectivity index (χ0v) is 10.7. The molecule has 0 aromatic heterocycles. The van der Waals surface area contributed by atoms with E-state index >= 15 is 0 Å². The van der Waals surface area contributed by atoms with Crippen molar-refractivity contribution in [3.05, 3.63) is 29.8 Å². The molecule has 19 heavy (non-hydrogen) atoms. The van der Waals surface area contributed by atoms with Crippen LogP contribution in [-0.2, 0) is 15.7 Å². The molecule has 0 saturated carbocycles. The minimum absolute atomic E-state index is 0.0548. The van der Waals surface area contributed by atoms with Gasteiger partial charge in [0, 0.05) is 0 Å². The fraction of sp³-hybridized carbons (Fsp3) is 0.462. The molecule has 1 aromatic rings. The summed E-state index contributed by atoms with van der Waals surface area (Å²) in [7, 11) is 0. The van der Waals surface area contributed by atoms with Crippen LogP contribution in [0.3, 0.4) is 0 Å². The van der Waals surface area contributed by atoms with E-state index in [-0.39, 0.29) is 24.9 Å². The Balaban J connectivity index is 2.40. The van der Waals surface area contributed by atoms with E-state index in [1.54, 1.807) is 13.8 Å². The Kier molecular flexibility index (Phi) is 5.20. The first-order valence-electron chi connectivity index (χ1n) is 5.78. The lowest BCUT2D eigenvalue weighted by Gasteiger charge is -2.10. The van der Waals surface area contributed by atoms with E-state index < -0.39 is 17.7 Å². The minimum atomic E-state index is -4.36. The highest BCUT2D eigenvalue weighted by Crippen LogP contribution is 2.30. The van der Waals surface area contributed by atoms with Crippen molar-refractivity contribution in [3.63, 3.8) is 0 Å². The molecule has 1 rings (SSSR count). The number of carbonyl (C=O) groups excluding carboxylic acids is 1. The number of halogens is 3. The molecule has 0 unspecified atom stereocenters. The first kappa shape index (κ1) is 15.3. The van der Waals surface area contributed by atoms with E-state index in [1.165, 1.54) is 12.1 Å². The molecule has 6 heteroatoms. The van der Waals surface area contributed by atoms with Gasteiger partial charge in [0.2, 0.25) is 0 Å². The Hall–Kier alpha value is -1.72. The van der Waals surface area contributed by atoms with Crippen LogP contribution in [0.4, 0.5) is 13.2 Å². The highest BCUT2D eigenvalue weighted by atomic mass is 19.4. The predicted molar refractivity (Wildman–Crippen MR) is 62.8 cm³/mol. The summed E-state index contributed by atoms with van der Waals surface area (Å²) in [6.07, 6.45) is -4.50. The molecule has 0 spiro atoms. The van der Waals surface area contributed by atoms with Crippen LogP contribution in [0.1, 0.15) is 25.8 Å². The van der Waals surface area contributed by atoms with Gasteiger partial charge in [0.25, 0.3) is 0 Å². The molecule has 1 aromatic carbocycles. The Morgan fingerprint density at radius 3 is 2.26 bits per heavy atom. The standard InChI is InChI=1S/C13H15F3O3/c1-9(2)19-12(17)7-8-18-11-5-3-10(4-6-11)13(14,15)16/h3-6,9H,7-8H2,1-2H3. The first-order chi connectivity index (χ1) is 8.79. The molecule has 0 fully saturated rings. The van der Waals surface area contributed by atoms with E-state index in [0.717, 1.165) is 12.1 Å². The number of hydrogen-bond acceptors (Lipinski definition) is 3. The smallest absolute Gasteiger partial charge is 0.416 e. The van der Waals surface area contributed by atoms with Crippen molar-refractivity contribution < 1.29 is 27.4 Å². The van der Waals surface area contributed by atoms with Crippen LogP contribution in [0.5, 0.6) is 5.75 Å². The average Bonchev–Trinajstić information content (AvgIpc) is 2.27. The summed E-state index contributed by atoms with van der Waals surface area (Å²) in [6, 6.07) is 4.30. The van der Waals surface area contributed by atoms with Crippen molar-refractivity contribution in [2.75, 3.05) is 6.61 Å². The van der Waals surface area contributed by atoms with Gasteiger partial charge in [-0.1, -0.05) is 0 Å². The number of carbonyl (C=O) groups is 1. The van der Waals surface area contributed by atoms with Crippen molar-refractivity contribution in [2.24, 2.45) is 0 Å². The second-order valence-electron chi connectivity index (χ2n) is 4.16. The second-order valence-corrected chi connectivity index (χ2v) is 4.16. The fourth-order valence-corrected chi connectivity index (χ4v) is 1.31. The zero-order chi connectivity index (χ0) is 14.5. The molecule has 0 aliphatic rings. The van der Waals surface area contributed by atoms with Crippen LogP contribution < -0.4 is 4.74 Å². The normalized spacial score (nSPS) is 11.5. The van der Waals surface area contributed by atoms with Gasteiger partial charge >= 0.3 is 12.1 Å². The van der Waals surface area contributed by atoms with Gasteiger partial charge in [-0.3, -0.25) is 4.79 Å². The third-order valence-corrected chi connectivity index (χ3v) is 2.12. The summed E-state index contributed by atoms with van der Waals surface area (Å²) in [5.41, 5.74) is -0.737. The largest absolute Gasteiger partial charge is 0.493 e. The maximum atomic E-state index is 12.3. The number of esters is 1. The van der Waals surface area contributed by atoms with Crippen LogP contribution in [0, 0.1) is 0 Å². The molecule has 0 bridgehead atoms. The molecule has 0 radical (unpaired) electrons. The van der Waals surface area contributed by atoms with Gasteiger partial charge in [-0.05, 0) is 38.1 Å². The number of rotatable bonds is 5. The van der Waals surface area contributed by atoms with Gasteiger partial charge < -0.3 is 9.47 Å². The van der Waals surface area contributed by atoms with Gasteiger partial charge in [-0.25, -0.2) is 0 Å². The fourth-order valence-electron chi connectivity index (χ4n) is 1.31. The lowest BCUT2D eigenvalue weighted by atomic mass is 10.2. The van der Waals surface area contributed by atoms with E-state index in [0.29, 0.717) is 0 Å². The Morgan fingerprint density at radius 1 is 1.21 bits per heavy atom. The molecular weight excluding hydrogens is 261 g/mol. The van der Waals surface area contributed by atoms with E-state index in [1.807, 2.05) is 0 Å². The maximum Gasteiger partial charge on any atom is 0.416 e. The zero-order valence-electron chi connectivity index (χ0n) is 10.7. The summed E-state index contributed by atoms with van der Waals surface area (Å²) < 4.78 is 46.9. The van der Waals surface area contributed by atoms with Crippen LogP contribution in [0.15, 0.2) is 24.3 Å². The molecule has 0 aliphatic heterocycles. The van der Waals surface area contributed by atoms with Crippen LogP contribution in [0.25, 0.3) is 0 Å². The summed E-state index contributed by atoms with van der Waals surface area (Å²) in [5, 5.41) is 0. The van der Waals surface area contributed by atoms with Crippen molar-refractivity contribution in [3.8, 4) is 5.75 Å². The number of hydrogen-bond donors (Lipinski definition) is 0. The van der Waals surface area contributed by atoms with E-state index in [2.05, 4.69) is 0 Å². The second kappa shape index (κ2) is 6.45. The molecule has 3 nitrogen and oxygen atoms in total. The van der Waals surface area contributed by atoms with Crippen molar-refractivity contribution in [1.82, 2.24) is 0 Å². The van der Waals surface area contributed by atoms with Gasteiger partial charge in [0.05, 0.1) is 24.7 Å². The van der Waals surface area contributed by atoms with Crippen molar-refractivity contribution >= 4 is 5.97 Å². The van der Waals surface area contributed by atoms with Crippen LogP contribution in [-0.4, -0.2) is 18.7 Å². The lowest BCUT2D eigenvalue weighted by Crippen LogP contribution is -2.14. The third-order valence-electron chi connectivity index (χ3n) is 2.12. The Bertz CT molecular complexity index is 410. The van der Waals surface area contributed by atoms with E-state index in [4.69, 9.17) is 9.47 Å². The molecule has 0 amide bonds. The highest BCUT2D eigenvalue weighted by Gasteiger charge is 2.29. The number of ether oxygens (including phenoxy) is 2. The summed E-state index contributed by atoms with van der Waals surface area (Å²) >= 11 is 0. The molecule has 106 valence electrons. The lowest BCUT2D eigenvalue weighted by molar-refractivity contribution is -0.147. The Morgan fingerprint density at radius 2 is 1.79 bits per heavy atom. The summed E-state index contributed by atoms with van der Waals surface area (Å²) in [6.45, 7) is 3.53. The summed E-state index contributed by atoms with van der Waals surface area (Å²) in [5.74, 6) is -0.118. The topological polar surface area (TPSA) is 35.5 Å². The molecule has 0 saturated heterocycles. The maximum absolute atomic E-state index is 12.3. The monoisotopic (exact) mass is 276 g/mol. The van der Waals surface area contributed by atoms with Gasteiger partial charge in [0.15, 0.2) is 0 Å². The van der Waals surface area contributed by atoms with E-state index in [9.17, 15) is 18.0 Å². The molecular formula is C13H15F3O3. The SMILES string of the molecule is CC(C)OC(=O)CCOc1ccc(C(F)(F)F)cc1. The summed E-state index contributed by atoms with van der Waals surface area (Å²) in [4.78, 5) is 11.2. The van der Waals surface area contributed by atoms with Crippen LogP contribution in [0.2, 0.25) is 0 Å². The van der Waals surface area contributed by atoms with Crippen molar-refractivity contribution in [1.29, 1.82) is 0 Å². The third kappa shape index (κ3) is 5.63. The van der Waals surface area contributed by atoms with Gasteiger partial charge in [-0.15, -0.1) is 0 Å². The Labute approximate surface area is 109 Å². The van der Waals surface area contributed by atoms with Gasteiger partial charge in [0.1, 0.15) is 5.75 Å². The molecule has 0 N–H and O–H groups in total. The van der Waals surface area contributed by atoms with Crippen molar-refractivity contribution in [2.45, 2.75) is 32.5 Å². The average molecular weight is 276 g/mol. The molecule has 0 atom stereocenters.